The van der Waals surface area contributed by atoms with Crippen molar-refractivity contribution in [3.8, 4) is 0 Å². The van der Waals surface area contributed by atoms with Crippen molar-refractivity contribution in [2.24, 2.45) is 0 Å². The van der Waals surface area contributed by atoms with E-state index in [1.165, 1.54) is 0 Å². The van der Waals surface area contributed by atoms with Gasteiger partial charge in [0.25, 0.3) is 0 Å². The molecular formula is C8H16N2O2. The first-order valence-corrected chi connectivity index (χ1v) is 4.16. The first kappa shape index (κ1) is 9.48. The maximum atomic E-state index is 11.5. The Morgan fingerprint density at radius 3 is 2.83 bits per heavy atom. The van der Waals surface area contributed by atoms with Crippen LogP contribution in [0.4, 0.5) is 0 Å². The largest absolute Gasteiger partial charge is 0.364 e. The maximum Gasteiger partial charge on any atom is 0.239 e. The van der Waals surface area contributed by atoms with Gasteiger partial charge >= 0.3 is 0 Å². The normalized spacial score (nSPS) is 28.4. The van der Waals surface area contributed by atoms with Gasteiger partial charge in [0, 0.05) is 13.6 Å². The number of carbonyl (C=O) groups excluding carboxylic acids is 1. The van der Waals surface area contributed by atoms with Gasteiger partial charge in [0.05, 0.1) is 19.4 Å². The SMILES string of the molecule is C[C@@H]1C(=O)N(C)CCOCN1C. The molecule has 0 aromatic heterocycles. The molecule has 0 aromatic carbocycles. The molecule has 1 aliphatic heterocycles. The molecule has 0 radical (unpaired) electrons. The molecule has 1 heterocycles. The first-order chi connectivity index (χ1) is 5.63. The van der Waals surface area contributed by atoms with E-state index >= 15 is 0 Å². The van der Waals surface area contributed by atoms with Crippen LogP contribution in [0.1, 0.15) is 6.92 Å². The lowest BCUT2D eigenvalue weighted by atomic mass is 10.2. The van der Waals surface area contributed by atoms with Crippen molar-refractivity contribution < 1.29 is 9.53 Å². The summed E-state index contributed by atoms with van der Waals surface area (Å²) in [4.78, 5) is 15.1. The zero-order chi connectivity index (χ0) is 9.14. The van der Waals surface area contributed by atoms with Gasteiger partial charge in [-0.05, 0) is 14.0 Å². The Kier molecular flexibility index (Phi) is 3.05. The Hall–Kier alpha value is -0.610. The molecule has 0 aromatic rings. The van der Waals surface area contributed by atoms with Crippen molar-refractivity contribution in [2.75, 3.05) is 34.0 Å². The fourth-order valence-electron chi connectivity index (χ4n) is 1.14. The summed E-state index contributed by atoms with van der Waals surface area (Å²) >= 11 is 0. The van der Waals surface area contributed by atoms with Crippen molar-refractivity contribution in [1.29, 1.82) is 0 Å². The van der Waals surface area contributed by atoms with E-state index in [4.69, 9.17) is 4.74 Å². The Morgan fingerprint density at radius 2 is 2.17 bits per heavy atom. The van der Waals surface area contributed by atoms with Crippen LogP contribution < -0.4 is 0 Å². The number of likely N-dealkylation sites (N-methyl/N-ethyl adjacent to an activating group) is 2. The fourth-order valence-corrected chi connectivity index (χ4v) is 1.14. The van der Waals surface area contributed by atoms with Gasteiger partial charge in [-0.3, -0.25) is 9.69 Å². The molecule has 12 heavy (non-hydrogen) atoms. The number of amides is 1. The highest BCUT2D eigenvalue weighted by Crippen LogP contribution is 2.03. The molecule has 0 aliphatic carbocycles. The molecule has 1 saturated heterocycles. The van der Waals surface area contributed by atoms with Crippen LogP contribution in [0.3, 0.4) is 0 Å². The summed E-state index contributed by atoms with van der Waals surface area (Å²) in [7, 11) is 3.70. The molecule has 0 unspecified atom stereocenters. The van der Waals surface area contributed by atoms with Crippen LogP contribution in [-0.2, 0) is 9.53 Å². The minimum absolute atomic E-state index is 0.0738. The molecule has 1 aliphatic rings. The average Bonchev–Trinajstić information content (AvgIpc) is 2.07. The van der Waals surface area contributed by atoms with Gasteiger partial charge in [-0.1, -0.05) is 0 Å². The van der Waals surface area contributed by atoms with Gasteiger partial charge in [-0.15, -0.1) is 0 Å². The standard InChI is InChI=1S/C8H16N2O2/c1-7-8(11)9(2)4-5-12-6-10(7)3/h7H,4-6H2,1-3H3/t7-/m1/s1. The van der Waals surface area contributed by atoms with Gasteiger partial charge in [0.1, 0.15) is 0 Å². The lowest BCUT2D eigenvalue weighted by Gasteiger charge is -2.30. The van der Waals surface area contributed by atoms with E-state index in [-0.39, 0.29) is 11.9 Å². The van der Waals surface area contributed by atoms with Gasteiger partial charge in [0.15, 0.2) is 0 Å². The number of nitrogens with zero attached hydrogens (tertiary/aromatic N) is 2. The summed E-state index contributed by atoms with van der Waals surface area (Å²) in [6, 6.07) is -0.0738. The van der Waals surface area contributed by atoms with Crippen molar-refractivity contribution in [3.63, 3.8) is 0 Å². The predicted molar refractivity (Wildman–Crippen MR) is 45.7 cm³/mol. The number of hydrogen-bond donors (Lipinski definition) is 0. The van der Waals surface area contributed by atoms with E-state index in [0.717, 1.165) is 0 Å². The molecule has 4 heteroatoms. The van der Waals surface area contributed by atoms with Crippen molar-refractivity contribution in [1.82, 2.24) is 9.80 Å². The summed E-state index contributed by atoms with van der Waals surface area (Å²) in [5, 5.41) is 0. The number of hydrogen-bond acceptors (Lipinski definition) is 3. The minimum atomic E-state index is -0.0738. The first-order valence-electron chi connectivity index (χ1n) is 4.16. The average molecular weight is 172 g/mol. The third-order valence-corrected chi connectivity index (χ3v) is 2.26. The number of ether oxygens (including phenoxy) is 1. The highest BCUT2D eigenvalue weighted by Gasteiger charge is 2.23. The van der Waals surface area contributed by atoms with E-state index in [9.17, 15) is 4.79 Å². The van der Waals surface area contributed by atoms with E-state index in [2.05, 4.69) is 0 Å². The van der Waals surface area contributed by atoms with Crippen LogP contribution in [0, 0.1) is 0 Å². The van der Waals surface area contributed by atoms with Gasteiger partial charge in [-0.25, -0.2) is 0 Å². The zero-order valence-corrected chi connectivity index (χ0v) is 7.91. The maximum absolute atomic E-state index is 11.5. The molecule has 0 saturated carbocycles. The fraction of sp³-hybridized carbons (Fsp3) is 0.875. The molecule has 1 amide bonds. The molecule has 0 bridgehead atoms. The molecule has 1 fully saturated rings. The summed E-state index contributed by atoms with van der Waals surface area (Å²) < 4.78 is 5.31. The smallest absolute Gasteiger partial charge is 0.239 e. The molecule has 70 valence electrons. The van der Waals surface area contributed by atoms with Gasteiger partial charge in [-0.2, -0.15) is 0 Å². The molecule has 0 spiro atoms. The molecule has 1 rings (SSSR count). The quantitative estimate of drug-likeness (QED) is 0.505. The summed E-state index contributed by atoms with van der Waals surface area (Å²) in [6.45, 7) is 3.75. The summed E-state index contributed by atoms with van der Waals surface area (Å²) in [5.74, 6) is 0.167. The van der Waals surface area contributed by atoms with E-state index < -0.39 is 0 Å². The third kappa shape index (κ3) is 1.95. The molecular weight excluding hydrogens is 156 g/mol. The van der Waals surface area contributed by atoms with Gasteiger partial charge < -0.3 is 9.64 Å². The van der Waals surface area contributed by atoms with Crippen LogP contribution in [0.2, 0.25) is 0 Å². The van der Waals surface area contributed by atoms with Crippen LogP contribution in [0.15, 0.2) is 0 Å². The predicted octanol–water partition coefficient (Wildman–Crippen LogP) is -0.247. The number of carbonyl (C=O) groups is 1. The second-order valence-electron chi connectivity index (χ2n) is 3.23. The van der Waals surface area contributed by atoms with E-state index in [0.29, 0.717) is 19.9 Å². The minimum Gasteiger partial charge on any atom is -0.364 e. The monoisotopic (exact) mass is 172 g/mol. The Bertz CT molecular complexity index is 172. The van der Waals surface area contributed by atoms with E-state index in [1.54, 1.807) is 11.9 Å². The molecule has 0 N–H and O–H groups in total. The highest BCUT2D eigenvalue weighted by molar-refractivity contribution is 5.81. The van der Waals surface area contributed by atoms with Crippen molar-refractivity contribution in [3.05, 3.63) is 0 Å². The number of rotatable bonds is 0. The van der Waals surface area contributed by atoms with Crippen molar-refractivity contribution >= 4 is 5.91 Å². The van der Waals surface area contributed by atoms with Crippen LogP contribution in [0.25, 0.3) is 0 Å². The second kappa shape index (κ2) is 3.87. The summed E-state index contributed by atoms with van der Waals surface area (Å²) in [5.41, 5.74) is 0. The van der Waals surface area contributed by atoms with Crippen LogP contribution in [-0.4, -0.2) is 55.7 Å². The Morgan fingerprint density at radius 1 is 1.50 bits per heavy atom. The Labute approximate surface area is 73.1 Å². The molecule has 4 nitrogen and oxygen atoms in total. The van der Waals surface area contributed by atoms with Crippen molar-refractivity contribution in [2.45, 2.75) is 13.0 Å². The van der Waals surface area contributed by atoms with Gasteiger partial charge in [0.2, 0.25) is 5.91 Å². The lowest BCUT2D eigenvalue weighted by Crippen LogP contribution is -2.48. The van der Waals surface area contributed by atoms with E-state index in [1.807, 2.05) is 18.9 Å². The second-order valence-corrected chi connectivity index (χ2v) is 3.23. The van der Waals surface area contributed by atoms with Crippen LogP contribution in [0.5, 0.6) is 0 Å². The molecule has 1 atom stereocenters. The third-order valence-electron chi connectivity index (χ3n) is 2.26. The lowest BCUT2D eigenvalue weighted by molar-refractivity contribution is -0.141. The Balaban J connectivity index is 2.61. The zero-order valence-electron chi connectivity index (χ0n) is 7.91. The van der Waals surface area contributed by atoms with Crippen LogP contribution >= 0.6 is 0 Å². The highest BCUT2D eigenvalue weighted by atomic mass is 16.5. The topological polar surface area (TPSA) is 32.8 Å². The summed E-state index contributed by atoms with van der Waals surface area (Å²) in [6.07, 6.45) is 0.